The Morgan fingerprint density at radius 2 is 2.17 bits per heavy atom. The first-order valence-electron chi connectivity index (χ1n) is 7.27. The summed E-state index contributed by atoms with van der Waals surface area (Å²) in [6, 6.07) is 0. The van der Waals surface area contributed by atoms with Crippen LogP contribution < -0.4 is 0 Å². The molecule has 1 unspecified atom stereocenters. The lowest BCUT2D eigenvalue weighted by atomic mass is 9.82. The van der Waals surface area contributed by atoms with E-state index in [0.29, 0.717) is 0 Å². The lowest BCUT2D eigenvalue weighted by Crippen LogP contribution is -2.57. The predicted octanol–water partition coefficient (Wildman–Crippen LogP) is -0.808. The minimum atomic E-state index is -2.01. The minimum absolute atomic E-state index is 0.0727. The third-order valence-corrected chi connectivity index (χ3v) is 4.01. The van der Waals surface area contributed by atoms with Gasteiger partial charge in [0.15, 0.2) is 0 Å². The Hall–Kier alpha value is -1.75. The first-order chi connectivity index (χ1) is 11.3. The lowest BCUT2D eigenvalue weighted by molar-refractivity contribution is -0.295. The van der Waals surface area contributed by atoms with E-state index in [0.717, 1.165) is 7.11 Å². The van der Waals surface area contributed by atoms with E-state index in [1.807, 2.05) is 0 Å². The molecule has 0 spiro atoms. The van der Waals surface area contributed by atoms with Crippen LogP contribution in [0.3, 0.4) is 0 Å². The van der Waals surface area contributed by atoms with Gasteiger partial charge in [-0.25, -0.2) is 4.79 Å². The average Bonchev–Trinajstić information content (AvgIpc) is 2.58. The summed E-state index contributed by atoms with van der Waals surface area (Å²) >= 11 is 0. The highest BCUT2D eigenvalue weighted by Gasteiger charge is 2.51. The number of carbonyl (C=O) groups excluding carboxylic acids is 1. The van der Waals surface area contributed by atoms with Crippen LogP contribution in [0.4, 0.5) is 0 Å². The van der Waals surface area contributed by atoms with Crippen LogP contribution >= 0.6 is 0 Å². The molecule has 1 heterocycles. The quantitative estimate of drug-likeness (QED) is 0.237. The molecule has 0 bridgehead atoms. The second-order valence-electron chi connectivity index (χ2n) is 5.52. The zero-order chi connectivity index (χ0) is 18.3. The summed E-state index contributed by atoms with van der Waals surface area (Å²) in [5, 5.41) is 41.2. The summed E-state index contributed by atoms with van der Waals surface area (Å²) < 4.78 is 10.3. The van der Waals surface area contributed by atoms with Crippen LogP contribution in [0.5, 0.6) is 0 Å². The van der Waals surface area contributed by atoms with Crippen molar-refractivity contribution >= 4 is 11.8 Å². The number of aliphatic hydroxyl groups excluding tert-OH is 3. The van der Waals surface area contributed by atoms with Crippen LogP contribution in [-0.2, 0) is 19.1 Å². The molecule has 4 N–H and O–H groups in total. The van der Waals surface area contributed by atoms with Gasteiger partial charge >= 0.3 is 5.97 Å². The van der Waals surface area contributed by atoms with Crippen LogP contribution in [-0.4, -0.2) is 76.5 Å². The number of ketones is 1. The van der Waals surface area contributed by atoms with E-state index in [-0.39, 0.29) is 25.8 Å². The van der Waals surface area contributed by atoms with Crippen molar-refractivity contribution in [3.05, 3.63) is 10.4 Å². The Kier molecular flexibility index (Phi) is 7.55. The van der Waals surface area contributed by atoms with Crippen molar-refractivity contribution in [2.45, 2.75) is 43.4 Å². The van der Waals surface area contributed by atoms with Gasteiger partial charge in [0.05, 0.1) is 19.3 Å². The maximum absolute atomic E-state index is 11.8. The van der Waals surface area contributed by atoms with Crippen molar-refractivity contribution in [2.75, 3.05) is 20.3 Å². The first kappa shape index (κ1) is 20.3. The molecule has 5 atom stereocenters. The van der Waals surface area contributed by atoms with Gasteiger partial charge in [0.1, 0.15) is 18.0 Å². The van der Waals surface area contributed by atoms with E-state index in [4.69, 9.17) is 20.1 Å². The highest BCUT2D eigenvalue weighted by molar-refractivity contribution is 5.81. The van der Waals surface area contributed by atoms with Gasteiger partial charge in [-0.2, -0.15) is 0 Å². The van der Waals surface area contributed by atoms with Gasteiger partial charge in [0.2, 0.25) is 0 Å². The van der Waals surface area contributed by atoms with Gasteiger partial charge < -0.3 is 29.9 Å². The number of nitrogens with zero attached hydrogens (tertiary/aromatic N) is 3. The number of carbonyl (C=O) groups is 2. The largest absolute Gasteiger partial charge is 0.477 e. The van der Waals surface area contributed by atoms with Crippen molar-refractivity contribution in [1.82, 2.24) is 0 Å². The fraction of sp³-hybridized carbons (Fsp3) is 0.846. The van der Waals surface area contributed by atoms with Crippen molar-refractivity contribution in [2.24, 2.45) is 11.0 Å². The standard InChI is InChI=1S/C13H21N3O8/c1-23-13(12(21)22)3-2-7(4-8(18)5-15-16-14)11(24-13)10(20)9(19)6-17/h7,9-11,17,19-20H,2-6H2,1H3,(H,21,22)/t7-,9+,10+,11?,13+/m0/s1. The third kappa shape index (κ3) is 4.63. The monoisotopic (exact) mass is 347 g/mol. The van der Waals surface area contributed by atoms with Crippen LogP contribution in [0.25, 0.3) is 10.4 Å². The zero-order valence-electron chi connectivity index (χ0n) is 13.1. The lowest BCUT2D eigenvalue weighted by Gasteiger charge is -2.43. The van der Waals surface area contributed by atoms with Crippen molar-refractivity contribution < 1.29 is 39.5 Å². The Morgan fingerprint density at radius 1 is 1.50 bits per heavy atom. The number of methoxy groups -OCH3 is 1. The Bertz CT molecular complexity index is 509. The van der Waals surface area contributed by atoms with Gasteiger partial charge in [-0.3, -0.25) is 4.79 Å². The Labute approximate surface area is 137 Å². The molecule has 1 aliphatic heterocycles. The molecule has 0 saturated carbocycles. The molecular weight excluding hydrogens is 326 g/mol. The van der Waals surface area contributed by atoms with Gasteiger partial charge in [-0.05, 0) is 17.9 Å². The summed E-state index contributed by atoms with van der Waals surface area (Å²) in [5.74, 6) is -4.47. The zero-order valence-corrected chi connectivity index (χ0v) is 13.1. The van der Waals surface area contributed by atoms with Gasteiger partial charge in [-0.15, -0.1) is 0 Å². The molecule has 1 aliphatic rings. The van der Waals surface area contributed by atoms with E-state index < -0.39 is 48.4 Å². The molecule has 24 heavy (non-hydrogen) atoms. The Balaban J connectivity index is 2.99. The van der Waals surface area contributed by atoms with Gasteiger partial charge in [0, 0.05) is 24.9 Å². The van der Waals surface area contributed by atoms with E-state index in [1.54, 1.807) is 0 Å². The smallest absolute Gasteiger partial charge is 0.364 e. The number of hydrogen-bond donors (Lipinski definition) is 4. The van der Waals surface area contributed by atoms with Crippen LogP contribution in [0.1, 0.15) is 19.3 Å². The van der Waals surface area contributed by atoms with Crippen molar-refractivity contribution in [3.8, 4) is 0 Å². The first-order valence-corrected chi connectivity index (χ1v) is 7.27. The van der Waals surface area contributed by atoms with Crippen molar-refractivity contribution in [1.29, 1.82) is 0 Å². The third-order valence-electron chi connectivity index (χ3n) is 4.01. The highest BCUT2D eigenvalue weighted by atomic mass is 16.7. The van der Waals surface area contributed by atoms with Crippen LogP contribution in [0.2, 0.25) is 0 Å². The summed E-state index contributed by atoms with van der Waals surface area (Å²) in [4.78, 5) is 25.7. The summed E-state index contributed by atoms with van der Waals surface area (Å²) in [6.07, 6.45) is -4.52. The molecule has 0 aliphatic carbocycles. The van der Waals surface area contributed by atoms with Gasteiger partial charge in [-0.1, -0.05) is 5.11 Å². The number of azide groups is 1. The molecule has 1 rings (SSSR count). The molecular formula is C13H21N3O8. The molecule has 0 aromatic carbocycles. The van der Waals surface area contributed by atoms with E-state index in [1.165, 1.54) is 0 Å². The predicted molar refractivity (Wildman–Crippen MR) is 77.7 cm³/mol. The molecule has 136 valence electrons. The van der Waals surface area contributed by atoms with Crippen molar-refractivity contribution in [3.63, 3.8) is 0 Å². The number of carboxylic acid groups (broad SMARTS) is 1. The molecule has 0 radical (unpaired) electrons. The SMILES string of the molecule is CO[C@]1(C(=O)O)CC[C@@H](CC(=O)CN=[N+]=[N-])C([C@H](O)[C@H](O)CO)O1. The number of rotatable bonds is 9. The molecule has 11 nitrogen and oxygen atoms in total. The van der Waals surface area contributed by atoms with E-state index in [2.05, 4.69) is 10.0 Å². The van der Waals surface area contributed by atoms with Gasteiger partial charge in [0.25, 0.3) is 5.79 Å². The molecule has 11 heteroatoms. The molecule has 1 saturated heterocycles. The summed E-state index contributed by atoms with van der Waals surface area (Å²) in [6.45, 7) is -1.15. The second kappa shape index (κ2) is 8.92. The van der Waals surface area contributed by atoms with Crippen LogP contribution in [0, 0.1) is 5.92 Å². The Morgan fingerprint density at radius 3 is 2.67 bits per heavy atom. The summed E-state index contributed by atoms with van der Waals surface area (Å²) in [5.41, 5.74) is 8.23. The summed E-state index contributed by atoms with van der Waals surface area (Å²) in [7, 11) is 1.13. The molecule has 1 fully saturated rings. The number of Topliss-reactive ketones (excluding diaryl/α,β-unsaturated/α-hetero) is 1. The topological polar surface area (TPSA) is 182 Å². The van der Waals surface area contributed by atoms with E-state index >= 15 is 0 Å². The highest BCUT2D eigenvalue weighted by Crippen LogP contribution is 2.37. The fourth-order valence-electron chi connectivity index (χ4n) is 2.67. The minimum Gasteiger partial charge on any atom is -0.477 e. The number of hydrogen-bond acceptors (Lipinski definition) is 8. The molecule has 0 amide bonds. The molecule has 0 aromatic rings. The molecule has 0 aromatic heterocycles. The fourth-order valence-corrected chi connectivity index (χ4v) is 2.67. The number of aliphatic hydroxyl groups is 3. The van der Waals surface area contributed by atoms with Crippen LogP contribution in [0.15, 0.2) is 5.11 Å². The normalized spacial score (nSPS) is 29.3. The maximum atomic E-state index is 11.8. The average molecular weight is 347 g/mol. The maximum Gasteiger partial charge on any atom is 0.364 e. The number of ether oxygens (including phenoxy) is 2. The second-order valence-corrected chi connectivity index (χ2v) is 5.52. The number of aliphatic carboxylic acids is 1. The van der Waals surface area contributed by atoms with E-state index in [9.17, 15) is 24.9 Å². The number of carboxylic acids is 1.